The van der Waals surface area contributed by atoms with Crippen molar-refractivity contribution >= 4 is 5.97 Å². The fraction of sp³-hybridized carbons (Fsp3) is 0.462. The number of carbonyl (C=O) groups excluding carboxylic acids is 1. The normalized spacial score (nSPS) is 12.5. The maximum Gasteiger partial charge on any atom is 0.373 e. The minimum Gasteiger partial charge on any atom is -0.415 e. The molecule has 0 saturated heterocycles. The molecule has 0 aliphatic rings. The van der Waals surface area contributed by atoms with Crippen LogP contribution in [0, 0.1) is 29.1 Å². The van der Waals surface area contributed by atoms with Crippen molar-refractivity contribution in [1.82, 2.24) is 0 Å². The van der Waals surface area contributed by atoms with E-state index in [1.165, 1.54) is 13.8 Å². The molecule has 0 amide bonds. The Hall–Kier alpha value is -1.70. The highest BCUT2D eigenvalue weighted by atomic mass is 19.2. The van der Waals surface area contributed by atoms with Crippen molar-refractivity contribution in [1.29, 1.82) is 0 Å². The molecule has 0 heterocycles. The summed E-state index contributed by atoms with van der Waals surface area (Å²) in [6.07, 6.45) is 0. The maximum absolute atomic E-state index is 13.4. The monoisotopic (exact) mass is 312 g/mol. The predicted molar refractivity (Wildman–Crippen MR) is 64.0 cm³/mol. The fourth-order valence-electron chi connectivity index (χ4n) is 1.17. The SMILES string of the molecule is CC(C)(C(=O)Oc1c(F)c(F)c(F)c(F)c1F)[N+](C)(C)C. The zero-order chi connectivity index (χ0) is 16.7. The first-order chi connectivity index (χ1) is 9.32. The molecule has 0 atom stereocenters. The van der Waals surface area contributed by atoms with E-state index in [0.717, 1.165) is 0 Å². The van der Waals surface area contributed by atoms with Crippen LogP contribution < -0.4 is 4.74 Å². The van der Waals surface area contributed by atoms with Gasteiger partial charge in [0, 0.05) is 13.8 Å². The Bertz CT molecular complexity index is 564. The lowest BCUT2D eigenvalue weighted by molar-refractivity contribution is -0.909. The van der Waals surface area contributed by atoms with Crippen LogP contribution in [0.1, 0.15) is 13.8 Å². The number of halogens is 5. The molecule has 0 aromatic heterocycles. The lowest BCUT2D eigenvalue weighted by Crippen LogP contribution is -2.59. The van der Waals surface area contributed by atoms with Crippen molar-refractivity contribution in [2.45, 2.75) is 19.4 Å². The fourth-order valence-corrected chi connectivity index (χ4v) is 1.17. The number of rotatable bonds is 3. The summed E-state index contributed by atoms with van der Waals surface area (Å²) in [7, 11) is 4.83. The van der Waals surface area contributed by atoms with Gasteiger partial charge in [0.1, 0.15) is 0 Å². The van der Waals surface area contributed by atoms with Crippen molar-refractivity contribution in [3.8, 4) is 5.75 Å². The highest BCUT2D eigenvalue weighted by Crippen LogP contribution is 2.31. The zero-order valence-corrected chi connectivity index (χ0v) is 12.2. The Morgan fingerprint density at radius 3 is 1.52 bits per heavy atom. The van der Waals surface area contributed by atoms with Crippen molar-refractivity contribution in [3.63, 3.8) is 0 Å². The lowest BCUT2D eigenvalue weighted by atomic mass is 10.0. The zero-order valence-electron chi connectivity index (χ0n) is 12.2. The molecule has 0 saturated carbocycles. The first-order valence-electron chi connectivity index (χ1n) is 5.87. The summed E-state index contributed by atoms with van der Waals surface area (Å²) in [5, 5.41) is 0. The molecule has 21 heavy (non-hydrogen) atoms. The van der Waals surface area contributed by atoms with Gasteiger partial charge < -0.3 is 9.22 Å². The van der Waals surface area contributed by atoms with Gasteiger partial charge in [-0.15, -0.1) is 0 Å². The van der Waals surface area contributed by atoms with E-state index >= 15 is 0 Å². The van der Waals surface area contributed by atoms with E-state index in [4.69, 9.17) is 0 Å². The number of likely N-dealkylation sites (N-methyl/N-ethyl adjacent to an activating group) is 1. The van der Waals surface area contributed by atoms with Gasteiger partial charge in [-0.3, -0.25) is 0 Å². The number of hydrogen-bond acceptors (Lipinski definition) is 2. The molecular formula is C13H15F5NO2+. The van der Waals surface area contributed by atoms with E-state index < -0.39 is 46.3 Å². The summed E-state index contributed by atoms with van der Waals surface area (Å²) < 4.78 is 70.3. The molecule has 8 heteroatoms. The maximum atomic E-state index is 13.4. The number of benzene rings is 1. The highest BCUT2D eigenvalue weighted by molar-refractivity contribution is 5.80. The van der Waals surface area contributed by atoms with Crippen molar-refractivity contribution < 1.29 is 36.0 Å². The number of ether oxygens (including phenoxy) is 1. The van der Waals surface area contributed by atoms with E-state index in [1.54, 1.807) is 21.1 Å². The minimum atomic E-state index is -2.31. The van der Waals surface area contributed by atoms with Crippen molar-refractivity contribution in [3.05, 3.63) is 29.1 Å². The van der Waals surface area contributed by atoms with Crippen LogP contribution in [0.15, 0.2) is 0 Å². The predicted octanol–water partition coefficient (Wildman–Crippen LogP) is 2.77. The number of nitrogens with zero attached hydrogens (tertiary/aromatic N) is 1. The minimum absolute atomic E-state index is 0.0151. The van der Waals surface area contributed by atoms with Gasteiger partial charge in [0.05, 0.1) is 21.1 Å². The quantitative estimate of drug-likeness (QED) is 0.214. The van der Waals surface area contributed by atoms with Gasteiger partial charge in [0.25, 0.3) is 0 Å². The summed E-state index contributed by atoms with van der Waals surface area (Å²) >= 11 is 0. The van der Waals surface area contributed by atoms with Gasteiger partial charge in [-0.2, -0.15) is 8.78 Å². The molecule has 0 N–H and O–H groups in total. The topological polar surface area (TPSA) is 26.3 Å². The Balaban J connectivity index is 3.31. The van der Waals surface area contributed by atoms with Gasteiger partial charge in [-0.25, -0.2) is 18.0 Å². The van der Waals surface area contributed by atoms with Crippen molar-refractivity contribution in [2.75, 3.05) is 21.1 Å². The molecule has 3 nitrogen and oxygen atoms in total. The summed E-state index contributed by atoms with van der Waals surface area (Å²) in [6, 6.07) is 0. The second kappa shape index (κ2) is 5.25. The number of esters is 1. The molecular weight excluding hydrogens is 297 g/mol. The molecule has 0 bridgehead atoms. The van der Waals surface area contributed by atoms with Crippen molar-refractivity contribution in [2.24, 2.45) is 0 Å². The van der Waals surface area contributed by atoms with Gasteiger partial charge in [-0.1, -0.05) is 0 Å². The Morgan fingerprint density at radius 2 is 1.19 bits per heavy atom. The van der Waals surface area contributed by atoms with Gasteiger partial charge >= 0.3 is 5.97 Å². The molecule has 1 aromatic rings. The second-order valence-electron chi connectivity index (χ2n) is 5.86. The van der Waals surface area contributed by atoms with Crippen LogP contribution in [-0.4, -0.2) is 37.1 Å². The van der Waals surface area contributed by atoms with Crippen LogP contribution in [0.25, 0.3) is 0 Å². The van der Waals surface area contributed by atoms with Gasteiger partial charge in [-0.05, 0) is 0 Å². The van der Waals surface area contributed by atoms with E-state index in [2.05, 4.69) is 4.74 Å². The third-order valence-corrected chi connectivity index (χ3v) is 3.54. The number of carbonyl (C=O) groups is 1. The molecule has 118 valence electrons. The Labute approximate surface area is 118 Å². The van der Waals surface area contributed by atoms with Crippen LogP contribution in [0.2, 0.25) is 0 Å². The smallest absolute Gasteiger partial charge is 0.373 e. The molecule has 1 aromatic carbocycles. The third-order valence-electron chi connectivity index (χ3n) is 3.54. The molecule has 0 unspecified atom stereocenters. The van der Waals surface area contributed by atoms with Crippen LogP contribution in [0.5, 0.6) is 5.75 Å². The Morgan fingerprint density at radius 1 is 0.857 bits per heavy atom. The summed E-state index contributed by atoms with van der Waals surface area (Å²) in [4.78, 5) is 12.0. The molecule has 0 aliphatic carbocycles. The first-order valence-corrected chi connectivity index (χ1v) is 5.87. The second-order valence-corrected chi connectivity index (χ2v) is 5.86. The van der Waals surface area contributed by atoms with E-state index in [-0.39, 0.29) is 4.48 Å². The number of hydrogen-bond donors (Lipinski definition) is 0. The standard InChI is InChI=1S/C13H15F5NO2/c1-13(2,19(3,4)5)12(20)21-11-9(17)7(15)6(14)8(16)10(11)18/h1-5H3/q+1. The Kier molecular flexibility index (Phi) is 4.34. The third kappa shape index (κ3) is 2.85. The summed E-state index contributed by atoms with van der Waals surface area (Å²) in [6.45, 7) is 2.84. The molecule has 0 fully saturated rings. The average molecular weight is 312 g/mol. The largest absolute Gasteiger partial charge is 0.415 e. The van der Waals surface area contributed by atoms with Crippen LogP contribution in [-0.2, 0) is 4.79 Å². The highest BCUT2D eigenvalue weighted by Gasteiger charge is 2.44. The van der Waals surface area contributed by atoms with E-state index in [1.807, 2.05) is 0 Å². The van der Waals surface area contributed by atoms with Crippen LogP contribution in [0.3, 0.4) is 0 Å². The van der Waals surface area contributed by atoms with E-state index in [9.17, 15) is 26.7 Å². The number of quaternary nitrogens is 1. The first kappa shape index (κ1) is 17.4. The average Bonchev–Trinajstić information content (AvgIpc) is 2.37. The lowest BCUT2D eigenvalue weighted by Gasteiger charge is -2.38. The van der Waals surface area contributed by atoms with Gasteiger partial charge in [0.2, 0.25) is 34.8 Å². The van der Waals surface area contributed by atoms with E-state index in [0.29, 0.717) is 0 Å². The summed E-state index contributed by atoms with van der Waals surface area (Å²) in [5.74, 6) is -13.7. The van der Waals surface area contributed by atoms with Crippen LogP contribution >= 0.6 is 0 Å². The van der Waals surface area contributed by atoms with Crippen LogP contribution in [0.4, 0.5) is 22.0 Å². The van der Waals surface area contributed by atoms with Gasteiger partial charge in [0.15, 0.2) is 5.54 Å². The molecule has 0 spiro atoms. The molecule has 0 radical (unpaired) electrons. The molecule has 1 rings (SSSR count). The molecule has 0 aliphatic heterocycles. The summed E-state index contributed by atoms with van der Waals surface area (Å²) in [5.41, 5.74) is -1.28.